The Labute approximate surface area is 117 Å². The minimum Gasteiger partial charge on any atom is -0.309 e. The number of rotatable bonds is 2. The van der Waals surface area contributed by atoms with Crippen molar-refractivity contribution in [3.63, 3.8) is 0 Å². The third-order valence-electron chi connectivity index (χ3n) is 5.20. The van der Waals surface area contributed by atoms with Crippen molar-refractivity contribution in [1.82, 2.24) is 10.2 Å². The van der Waals surface area contributed by atoms with Crippen molar-refractivity contribution in [3.8, 4) is 0 Å². The van der Waals surface area contributed by atoms with Gasteiger partial charge in [0.25, 0.3) is 0 Å². The molecule has 0 spiro atoms. The first-order valence-electron chi connectivity index (χ1n) is 7.69. The summed E-state index contributed by atoms with van der Waals surface area (Å²) >= 11 is 0. The molecule has 0 aromatic heterocycles. The number of benzene rings is 1. The molecule has 2 unspecified atom stereocenters. The first-order valence-corrected chi connectivity index (χ1v) is 7.69. The molecule has 0 saturated carbocycles. The number of fused-ring (bicyclic) bond motifs is 1. The van der Waals surface area contributed by atoms with E-state index in [1.54, 1.807) is 11.1 Å². The molecule has 0 bridgehead atoms. The molecular formula is C17H26N2. The largest absolute Gasteiger partial charge is 0.309 e. The Balaban J connectivity index is 1.76. The van der Waals surface area contributed by atoms with Gasteiger partial charge in [-0.3, -0.25) is 4.90 Å². The summed E-state index contributed by atoms with van der Waals surface area (Å²) in [6.45, 7) is 9.34. The van der Waals surface area contributed by atoms with E-state index < -0.39 is 0 Å². The molecule has 0 radical (unpaired) electrons. The van der Waals surface area contributed by atoms with Crippen LogP contribution in [0.25, 0.3) is 0 Å². The topological polar surface area (TPSA) is 15.3 Å². The van der Waals surface area contributed by atoms with E-state index in [1.807, 2.05) is 0 Å². The molecule has 0 amide bonds. The molecule has 1 aromatic carbocycles. The zero-order chi connectivity index (χ0) is 13.5. The summed E-state index contributed by atoms with van der Waals surface area (Å²) in [4.78, 5) is 2.75. The molecule has 1 aliphatic carbocycles. The van der Waals surface area contributed by atoms with Gasteiger partial charge in [0.2, 0.25) is 0 Å². The summed E-state index contributed by atoms with van der Waals surface area (Å²) in [5.41, 5.74) is 3.43. The van der Waals surface area contributed by atoms with E-state index in [0.29, 0.717) is 17.6 Å². The summed E-state index contributed by atoms with van der Waals surface area (Å²) in [6, 6.07) is 10.3. The maximum absolute atomic E-state index is 3.73. The molecule has 2 atom stereocenters. The summed E-state index contributed by atoms with van der Waals surface area (Å²) in [6.07, 6.45) is 3.68. The van der Waals surface area contributed by atoms with Gasteiger partial charge in [-0.05, 0) is 44.2 Å². The molecule has 2 nitrogen and oxygen atoms in total. The van der Waals surface area contributed by atoms with Crippen LogP contribution in [-0.2, 0) is 12.8 Å². The maximum Gasteiger partial charge on any atom is 0.0278 e. The lowest BCUT2D eigenvalue weighted by Gasteiger charge is -2.47. The highest BCUT2D eigenvalue weighted by Gasteiger charge is 2.37. The molecular weight excluding hydrogens is 232 g/mol. The van der Waals surface area contributed by atoms with Gasteiger partial charge in [-0.1, -0.05) is 31.2 Å². The average Bonchev–Trinajstić information content (AvgIpc) is 2.85. The lowest BCUT2D eigenvalue weighted by atomic mass is 9.92. The van der Waals surface area contributed by atoms with Crippen molar-refractivity contribution in [2.75, 3.05) is 13.1 Å². The van der Waals surface area contributed by atoms with Crippen LogP contribution in [0.1, 0.15) is 38.3 Å². The van der Waals surface area contributed by atoms with E-state index in [0.717, 1.165) is 6.54 Å². The second-order valence-corrected chi connectivity index (χ2v) is 6.65. The molecule has 104 valence electrons. The van der Waals surface area contributed by atoms with Crippen LogP contribution in [0.2, 0.25) is 0 Å². The molecule has 1 aromatic rings. The zero-order valence-corrected chi connectivity index (χ0v) is 12.4. The molecule has 19 heavy (non-hydrogen) atoms. The minimum absolute atomic E-state index is 0.293. The van der Waals surface area contributed by atoms with E-state index >= 15 is 0 Å². The van der Waals surface area contributed by atoms with Crippen LogP contribution in [0.15, 0.2) is 24.3 Å². The third-order valence-corrected chi connectivity index (χ3v) is 5.20. The third kappa shape index (κ3) is 2.44. The quantitative estimate of drug-likeness (QED) is 0.877. The lowest BCUT2D eigenvalue weighted by Crippen LogP contribution is -2.64. The van der Waals surface area contributed by atoms with Crippen LogP contribution in [0.5, 0.6) is 0 Å². The van der Waals surface area contributed by atoms with Gasteiger partial charge in [-0.25, -0.2) is 0 Å². The monoisotopic (exact) mass is 258 g/mol. The molecule has 1 heterocycles. The van der Waals surface area contributed by atoms with Crippen LogP contribution in [0, 0.1) is 0 Å². The fourth-order valence-electron chi connectivity index (χ4n) is 3.62. The highest BCUT2D eigenvalue weighted by molar-refractivity contribution is 5.33. The van der Waals surface area contributed by atoms with Gasteiger partial charge in [-0.2, -0.15) is 0 Å². The Morgan fingerprint density at radius 1 is 1.26 bits per heavy atom. The molecule has 1 fully saturated rings. The van der Waals surface area contributed by atoms with Crippen molar-refractivity contribution in [3.05, 3.63) is 35.4 Å². The fourth-order valence-corrected chi connectivity index (χ4v) is 3.62. The summed E-state index contributed by atoms with van der Waals surface area (Å²) in [5.74, 6) is 0. The van der Waals surface area contributed by atoms with Crippen molar-refractivity contribution >= 4 is 0 Å². The van der Waals surface area contributed by atoms with Gasteiger partial charge in [0.15, 0.2) is 0 Å². The van der Waals surface area contributed by atoms with E-state index in [-0.39, 0.29) is 0 Å². The van der Waals surface area contributed by atoms with Crippen LogP contribution in [0.3, 0.4) is 0 Å². The predicted molar refractivity (Wildman–Crippen MR) is 80.5 cm³/mol. The molecule has 1 aliphatic heterocycles. The Morgan fingerprint density at radius 3 is 2.47 bits per heavy atom. The average molecular weight is 258 g/mol. The number of nitrogens with one attached hydrogen (secondary N) is 1. The number of hydrogen-bond donors (Lipinski definition) is 1. The zero-order valence-electron chi connectivity index (χ0n) is 12.4. The van der Waals surface area contributed by atoms with Crippen molar-refractivity contribution in [1.29, 1.82) is 0 Å². The van der Waals surface area contributed by atoms with Crippen LogP contribution in [0.4, 0.5) is 0 Å². The van der Waals surface area contributed by atoms with E-state index in [1.165, 1.54) is 25.8 Å². The normalized spacial score (nSPS) is 32.5. The fraction of sp³-hybridized carbons (Fsp3) is 0.647. The van der Waals surface area contributed by atoms with Crippen molar-refractivity contribution in [2.24, 2.45) is 0 Å². The number of piperazine rings is 1. The first-order chi connectivity index (χ1) is 9.11. The second-order valence-electron chi connectivity index (χ2n) is 6.65. The smallest absolute Gasteiger partial charge is 0.0278 e. The highest BCUT2D eigenvalue weighted by atomic mass is 15.3. The van der Waals surface area contributed by atoms with Gasteiger partial charge >= 0.3 is 0 Å². The summed E-state index contributed by atoms with van der Waals surface area (Å²) in [5, 5.41) is 3.73. The van der Waals surface area contributed by atoms with E-state index in [4.69, 9.17) is 0 Å². The van der Waals surface area contributed by atoms with Gasteiger partial charge in [-0.15, -0.1) is 0 Å². The van der Waals surface area contributed by atoms with Gasteiger partial charge < -0.3 is 5.32 Å². The van der Waals surface area contributed by atoms with Crippen molar-refractivity contribution < 1.29 is 0 Å². The van der Waals surface area contributed by atoms with Gasteiger partial charge in [0, 0.05) is 30.7 Å². The van der Waals surface area contributed by atoms with Crippen LogP contribution >= 0.6 is 0 Å². The first kappa shape index (κ1) is 13.1. The summed E-state index contributed by atoms with van der Waals surface area (Å²) in [7, 11) is 0. The Bertz CT molecular complexity index is 431. The second kappa shape index (κ2) is 4.92. The number of nitrogens with zero attached hydrogens (tertiary/aromatic N) is 1. The molecule has 1 saturated heterocycles. The summed E-state index contributed by atoms with van der Waals surface area (Å²) < 4.78 is 0. The highest BCUT2D eigenvalue weighted by Crippen LogP contribution is 2.29. The Hall–Kier alpha value is -0.860. The Kier molecular flexibility index (Phi) is 3.40. The van der Waals surface area contributed by atoms with Crippen molar-refractivity contribution in [2.45, 2.75) is 57.7 Å². The minimum atomic E-state index is 0.293. The molecule has 2 aliphatic rings. The van der Waals surface area contributed by atoms with Gasteiger partial charge in [0.1, 0.15) is 0 Å². The van der Waals surface area contributed by atoms with Gasteiger partial charge in [0.05, 0.1) is 0 Å². The predicted octanol–water partition coefficient (Wildman–Crippen LogP) is 2.62. The molecule has 1 N–H and O–H groups in total. The van der Waals surface area contributed by atoms with Crippen LogP contribution in [-0.4, -0.2) is 35.6 Å². The standard InChI is InChI=1S/C17H26N2/c1-4-17(3)12-19(13(2)11-18-17)16-9-14-7-5-6-8-15(14)10-16/h5-8,13,16,18H,4,9-12H2,1-3H3. The van der Waals surface area contributed by atoms with E-state index in [2.05, 4.69) is 55.3 Å². The number of hydrogen-bond acceptors (Lipinski definition) is 2. The SMILES string of the molecule is CCC1(C)CN(C2Cc3ccccc3C2)C(C)CN1. The Morgan fingerprint density at radius 2 is 1.89 bits per heavy atom. The molecule has 2 heteroatoms. The maximum atomic E-state index is 3.73. The molecule has 3 rings (SSSR count). The lowest BCUT2D eigenvalue weighted by molar-refractivity contribution is 0.0570. The van der Waals surface area contributed by atoms with Crippen LogP contribution < -0.4 is 5.32 Å². The van der Waals surface area contributed by atoms with E-state index in [9.17, 15) is 0 Å².